The molecule has 0 bridgehead atoms. The maximum atomic E-state index is 11.5. The summed E-state index contributed by atoms with van der Waals surface area (Å²) in [5.74, 6) is -0.550. The first kappa shape index (κ1) is 6.63. The van der Waals surface area contributed by atoms with Crippen LogP contribution in [0.2, 0.25) is 0 Å². The lowest BCUT2D eigenvalue weighted by Crippen LogP contribution is -2.26. The molecular formula is C9H12ClNO. The molecule has 0 heterocycles. The number of carbonyl (C=O) groups excluding carboxylic acids is 1. The fourth-order valence-corrected chi connectivity index (χ4v) is 0.782. The van der Waals surface area contributed by atoms with Crippen molar-refractivity contribution >= 4 is 18.2 Å². The van der Waals surface area contributed by atoms with Gasteiger partial charge in [0.15, 0.2) is 5.78 Å². The zero-order valence-electron chi connectivity index (χ0n) is 9.36. The largest absolute Gasteiger partial charge is 0.321 e. The average Bonchev–Trinajstić information content (AvgIpc) is 2.15. The van der Waals surface area contributed by atoms with E-state index in [2.05, 4.69) is 0 Å². The Bertz CT molecular complexity index is 326. The van der Waals surface area contributed by atoms with Crippen molar-refractivity contribution in [2.45, 2.75) is 12.9 Å². The molecule has 0 aliphatic carbocycles. The van der Waals surface area contributed by atoms with Crippen LogP contribution in [0.1, 0.15) is 21.3 Å². The summed E-state index contributed by atoms with van der Waals surface area (Å²) < 4.78 is 21.0. The molecule has 12 heavy (non-hydrogen) atoms. The second-order valence-electron chi connectivity index (χ2n) is 2.21. The Morgan fingerprint density at radius 2 is 2.08 bits per heavy atom. The van der Waals surface area contributed by atoms with Crippen LogP contribution >= 0.6 is 12.4 Å². The second kappa shape index (κ2) is 4.91. The van der Waals surface area contributed by atoms with E-state index in [0.29, 0.717) is 5.56 Å². The summed E-state index contributed by atoms with van der Waals surface area (Å²) in [6.45, 7) is -2.44. The summed E-state index contributed by atoms with van der Waals surface area (Å²) in [4.78, 5) is 11.5. The molecule has 0 unspecified atom stereocenters. The summed E-state index contributed by atoms with van der Waals surface area (Å²) in [7, 11) is 0. The lowest BCUT2D eigenvalue weighted by Gasteiger charge is -2.02. The number of carbonyl (C=O) groups is 1. The minimum atomic E-state index is -2.44. The zero-order chi connectivity index (χ0) is 10.8. The van der Waals surface area contributed by atoms with Gasteiger partial charge in [-0.05, 0) is 6.85 Å². The Morgan fingerprint density at radius 3 is 2.58 bits per heavy atom. The summed E-state index contributed by atoms with van der Waals surface area (Å²) in [5.41, 5.74) is 5.64. The Hall–Kier alpha value is -0.860. The van der Waals surface area contributed by atoms with E-state index in [-0.39, 0.29) is 12.4 Å². The molecule has 1 aromatic rings. The topological polar surface area (TPSA) is 43.1 Å². The Morgan fingerprint density at radius 1 is 1.50 bits per heavy atom. The van der Waals surface area contributed by atoms with Crippen LogP contribution < -0.4 is 5.73 Å². The highest BCUT2D eigenvalue weighted by molar-refractivity contribution is 5.99. The van der Waals surface area contributed by atoms with Gasteiger partial charge in [-0.1, -0.05) is 30.3 Å². The van der Waals surface area contributed by atoms with E-state index < -0.39 is 18.7 Å². The number of hydrogen-bond acceptors (Lipinski definition) is 2. The highest BCUT2D eigenvalue weighted by Gasteiger charge is 2.08. The van der Waals surface area contributed by atoms with Gasteiger partial charge in [-0.2, -0.15) is 0 Å². The van der Waals surface area contributed by atoms with E-state index in [1.807, 2.05) is 0 Å². The molecule has 0 spiro atoms. The molecule has 0 saturated heterocycles. The molecule has 0 amide bonds. The summed E-state index contributed by atoms with van der Waals surface area (Å²) in [6.07, 6.45) is 0. The molecule has 66 valence electrons. The third-order valence-corrected chi connectivity index (χ3v) is 1.34. The number of Topliss-reactive ketones (excluding diaryl/α,β-unsaturated/α-hetero) is 1. The number of benzene rings is 1. The number of hydrogen-bond donors (Lipinski definition) is 1. The normalized spacial score (nSPS) is 16.2. The molecule has 1 aromatic carbocycles. The number of ketones is 1. The predicted octanol–water partition coefficient (Wildman–Crippen LogP) is 1.64. The van der Waals surface area contributed by atoms with E-state index >= 15 is 0 Å². The van der Waals surface area contributed by atoms with Crippen LogP contribution in [0.5, 0.6) is 0 Å². The molecule has 1 atom stereocenters. The summed E-state index contributed by atoms with van der Waals surface area (Å²) in [5, 5.41) is 0. The smallest absolute Gasteiger partial charge is 0.179 e. The van der Waals surface area contributed by atoms with Crippen LogP contribution in [0.3, 0.4) is 0 Å². The van der Waals surface area contributed by atoms with Gasteiger partial charge in [-0.3, -0.25) is 4.79 Å². The van der Waals surface area contributed by atoms with Crippen molar-refractivity contribution in [3.8, 4) is 0 Å². The SMILES string of the molecule is Cl.[2H]C([2H])([2H])[C@@H](N)C(=O)c1ccccc1. The van der Waals surface area contributed by atoms with Crippen LogP contribution in [0, 0.1) is 0 Å². The fraction of sp³-hybridized carbons (Fsp3) is 0.222. The molecule has 1 rings (SSSR count). The van der Waals surface area contributed by atoms with Crippen molar-refractivity contribution in [1.82, 2.24) is 0 Å². The molecule has 0 aliphatic rings. The van der Waals surface area contributed by atoms with Gasteiger partial charge in [0, 0.05) is 9.68 Å². The van der Waals surface area contributed by atoms with Crippen LogP contribution in [0.25, 0.3) is 0 Å². The maximum Gasteiger partial charge on any atom is 0.179 e. The highest BCUT2D eigenvalue weighted by atomic mass is 35.5. The number of halogens is 1. The molecule has 2 nitrogen and oxygen atoms in total. The minimum Gasteiger partial charge on any atom is -0.321 e. The van der Waals surface area contributed by atoms with Crippen LogP contribution in [0.4, 0.5) is 0 Å². The van der Waals surface area contributed by atoms with Gasteiger partial charge in [0.1, 0.15) is 0 Å². The third-order valence-electron chi connectivity index (χ3n) is 1.34. The van der Waals surface area contributed by atoms with E-state index in [0.717, 1.165) is 0 Å². The first-order valence-electron chi connectivity index (χ1n) is 4.78. The summed E-state index contributed by atoms with van der Waals surface area (Å²) in [6, 6.07) is 6.74. The highest BCUT2D eigenvalue weighted by Crippen LogP contribution is 2.01. The lowest BCUT2D eigenvalue weighted by molar-refractivity contribution is 0.0968. The van der Waals surface area contributed by atoms with E-state index in [1.165, 1.54) is 0 Å². The standard InChI is InChI=1S/C9H11NO.ClH/c1-7(10)9(11)8-5-3-2-4-6-8;/h2-7H,10H2,1H3;1H/t7-;/m1./s1/i1D3;. The predicted molar refractivity (Wildman–Crippen MR) is 51.7 cm³/mol. The van der Waals surface area contributed by atoms with E-state index in [1.54, 1.807) is 30.3 Å². The third kappa shape index (κ3) is 2.64. The van der Waals surface area contributed by atoms with Crippen molar-refractivity contribution in [1.29, 1.82) is 0 Å². The molecule has 0 saturated carbocycles. The quantitative estimate of drug-likeness (QED) is 0.718. The molecule has 0 aliphatic heterocycles. The fourth-order valence-electron chi connectivity index (χ4n) is 0.782. The van der Waals surface area contributed by atoms with Gasteiger partial charge in [0.05, 0.1) is 6.04 Å². The average molecular weight is 189 g/mol. The lowest BCUT2D eigenvalue weighted by atomic mass is 10.1. The maximum absolute atomic E-state index is 11.5. The molecule has 0 radical (unpaired) electrons. The molecule has 0 fully saturated rings. The van der Waals surface area contributed by atoms with E-state index in [4.69, 9.17) is 9.85 Å². The van der Waals surface area contributed by atoms with Crippen molar-refractivity contribution in [2.24, 2.45) is 5.73 Å². The molecule has 2 N–H and O–H groups in total. The Kier molecular flexibility index (Phi) is 2.71. The van der Waals surface area contributed by atoms with Crippen LogP contribution in [-0.4, -0.2) is 11.8 Å². The van der Waals surface area contributed by atoms with Crippen molar-refractivity contribution < 1.29 is 8.91 Å². The van der Waals surface area contributed by atoms with Gasteiger partial charge in [-0.25, -0.2) is 0 Å². The monoisotopic (exact) mass is 188 g/mol. The van der Waals surface area contributed by atoms with Gasteiger partial charge in [0.25, 0.3) is 0 Å². The van der Waals surface area contributed by atoms with Gasteiger partial charge < -0.3 is 5.73 Å². The second-order valence-corrected chi connectivity index (χ2v) is 2.21. The zero-order valence-corrected chi connectivity index (χ0v) is 7.17. The van der Waals surface area contributed by atoms with E-state index in [9.17, 15) is 4.79 Å². The van der Waals surface area contributed by atoms with Crippen LogP contribution in [-0.2, 0) is 0 Å². The first-order chi connectivity index (χ1) is 6.43. The number of nitrogens with two attached hydrogens (primary N) is 1. The van der Waals surface area contributed by atoms with Crippen molar-refractivity contribution in [2.75, 3.05) is 0 Å². The van der Waals surface area contributed by atoms with Crippen molar-refractivity contribution in [3.05, 3.63) is 35.9 Å². The first-order valence-corrected chi connectivity index (χ1v) is 3.28. The Labute approximate surface area is 82.4 Å². The molecule has 3 heteroatoms. The molecular weight excluding hydrogens is 174 g/mol. The summed E-state index contributed by atoms with van der Waals surface area (Å²) >= 11 is 0. The van der Waals surface area contributed by atoms with Gasteiger partial charge in [-0.15, -0.1) is 12.4 Å². The van der Waals surface area contributed by atoms with Gasteiger partial charge in [0.2, 0.25) is 0 Å². The molecule has 0 aromatic heterocycles. The van der Waals surface area contributed by atoms with Gasteiger partial charge >= 0.3 is 0 Å². The van der Waals surface area contributed by atoms with Crippen molar-refractivity contribution in [3.63, 3.8) is 0 Å². The number of rotatable bonds is 2. The minimum absolute atomic E-state index is 0. The Balaban J connectivity index is 0.00000196. The van der Waals surface area contributed by atoms with Crippen LogP contribution in [0.15, 0.2) is 30.3 Å².